The first-order valence-corrected chi connectivity index (χ1v) is 7.22. The molecule has 2 aliphatic carbocycles. The molecule has 2 heteroatoms. The molecule has 4 atom stereocenters. The summed E-state index contributed by atoms with van der Waals surface area (Å²) in [5.74, 6) is 2.66. The van der Waals surface area contributed by atoms with Crippen LogP contribution in [0.5, 0.6) is 0 Å². The van der Waals surface area contributed by atoms with Crippen LogP contribution in [-0.2, 0) is 4.74 Å². The first kappa shape index (κ1) is 13.1. The van der Waals surface area contributed by atoms with Crippen LogP contribution in [-0.4, -0.2) is 26.3 Å². The molecule has 0 amide bonds. The van der Waals surface area contributed by atoms with Crippen LogP contribution in [0.2, 0.25) is 0 Å². The van der Waals surface area contributed by atoms with E-state index in [4.69, 9.17) is 4.74 Å². The molecule has 0 aromatic rings. The molecule has 0 radical (unpaired) electrons. The topological polar surface area (TPSA) is 21.3 Å². The molecule has 1 fully saturated rings. The molecule has 2 bridgehead atoms. The zero-order valence-electron chi connectivity index (χ0n) is 11.3. The second kappa shape index (κ2) is 6.55. The summed E-state index contributed by atoms with van der Waals surface area (Å²) in [7, 11) is 1.78. The maximum Gasteiger partial charge on any atom is 0.0462 e. The number of hydrogen-bond acceptors (Lipinski definition) is 2. The van der Waals surface area contributed by atoms with Crippen LogP contribution in [0.25, 0.3) is 0 Å². The van der Waals surface area contributed by atoms with E-state index < -0.39 is 0 Å². The monoisotopic (exact) mass is 237 g/mol. The molecule has 2 nitrogen and oxygen atoms in total. The largest absolute Gasteiger partial charge is 0.385 e. The molecular formula is C15H27NO. The molecule has 0 aromatic heterocycles. The van der Waals surface area contributed by atoms with Crippen molar-refractivity contribution in [1.29, 1.82) is 0 Å². The third kappa shape index (κ3) is 3.56. The Bertz CT molecular complexity index is 251. The lowest BCUT2D eigenvalue weighted by Gasteiger charge is -2.26. The number of unbranched alkanes of at least 4 members (excludes halogenated alkanes) is 2. The molecule has 0 spiro atoms. The number of methoxy groups -OCH3 is 1. The van der Waals surface area contributed by atoms with Crippen LogP contribution in [0.1, 0.15) is 39.0 Å². The van der Waals surface area contributed by atoms with Gasteiger partial charge in [0.2, 0.25) is 0 Å². The Morgan fingerprint density at radius 3 is 2.76 bits per heavy atom. The predicted molar refractivity (Wildman–Crippen MR) is 72.0 cm³/mol. The van der Waals surface area contributed by atoms with E-state index in [9.17, 15) is 0 Å². The number of hydrogen-bond donors (Lipinski definition) is 1. The minimum atomic E-state index is 0.692. The van der Waals surface area contributed by atoms with Crippen LogP contribution >= 0.6 is 0 Å². The van der Waals surface area contributed by atoms with Crippen molar-refractivity contribution >= 4 is 0 Å². The number of nitrogens with one attached hydrogen (secondary N) is 1. The first-order valence-electron chi connectivity index (χ1n) is 7.22. The van der Waals surface area contributed by atoms with E-state index in [1.165, 1.54) is 38.6 Å². The molecule has 0 heterocycles. The maximum absolute atomic E-state index is 5.06. The van der Waals surface area contributed by atoms with Gasteiger partial charge in [0.1, 0.15) is 0 Å². The van der Waals surface area contributed by atoms with Crippen molar-refractivity contribution in [2.24, 2.45) is 17.8 Å². The molecule has 4 unspecified atom stereocenters. The number of ether oxygens (including phenoxy) is 1. The molecule has 2 aliphatic rings. The van der Waals surface area contributed by atoms with Crippen molar-refractivity contribution in [2.45, 2.75) is 45.1 Å². The smallest absolute Gasteiger partial charge is 0.0462 e. The van der Waals surface area contributed by atoms with Gasteiger partial charge in [-0.25, -0.2) is 0 Å². The van der Waals surface area contributed by atoms with Crippen molar-refractivity contribution in [3.8, 4) is 0 Å². The van der Waals surface area contributed by atoms with Crippen LogP contribution < -0.4 is 5.32 Å². The van der Waals surface area contributed by atoms with Crippen molar-refractivity contribution in [3.63, 3.8) is 0 Å². The fraction of sp³-hybridized carbons (Fsp3) is 0.867. The predicted octanol–water partition coefficient (Wildman–Crippen LogP) is 2.99. The van der Waals surface area contributed by atoms with E-state index in [-0.39, 0.29) is 0 Å². The average Bonchev–Trinajstić information content (AvgIpc) is 2.95. The van der Waals surface area contributed by atoms with E-state index in [1.807, 2.05) is 0 Å². The Labute approximate surface area is 106 Å². The highest BCUT2D eigenvalue weighted by molar-refractivity contribution is 5.11. The molecule has 0 aromatic carbocycles. The van der Waals surface area contributed by atoms with Gasteiger partial charge in [-0.05, 0) is 63.3 Å². The van der Waals surface area contributed by atoms with Gasteiger partial charge in [0, 0.05) is 19.8 Å². The van der Waals surface area contributed by atoms with Gasteiger partial charge in [-0.1, -0.05) is 12.2 Å². The average molecular weight is 237 g/mol. The van der Waals surface area contributed by atoms with Crippen molar-refractivity contribution in [3.05, 3.63) is 12.2 Å². The summed E-state index contributed by atoms with van der Waals surface area (Å²) >= 11 is 0. The van der Waals surface area contributed by atoms with Crippen LogP contribution in [0.3, 0.4) is 0 Å². The lowest BCUT2D eigenvalue weighted by Crippen LogP contribution is -2.36. The minimum Gasteiger partial charge on any atom is -0.385 e. The van der Waals surface area contributed by atoms with Gasteiger partial charge in [-0.2, -0.15) is 0 Å². The highest BCUT2D eigenvalue weighted by Gasteiger charge is 2.38. The van der Waals surface area contributed by atoms with Gasteiger partial charge in [0.15, 0.2) is 0 Å². The Morgan fingerprint density at radius 1 is 1.24 bits per heavy atom. The summed E-state index contributed by atoms with van der Waals surface area (Å²) in [5.41, 5.74) is 0. The Hall–Kier alpha value is -0.340. The van der Waals surface area contributed by atoms with Gasteiger partial charge >= 0.3 is 0 Å². The Morgan fingerprint density at radius 2 is 2.12 bits per heavy atom. The molecule has 1 saturated carbocycles. The third-order valence-electron chi connectivity index (χ3n) is 4.46. The Balaban J connectivity index is 1.55. The zero-order chi connectivity index (χ0) is 12.1. The van der Waals surface area contributed by atoms with Gasteiger partial charge < -0.3 is 10.1 Å². The lowest BCUT2D eigenvalue weighted by atomic mass is 9.87. The summed E-state index contributed by atoms with van der Waals surface area (Å²) in [6.45, 7) is 4.45. The number of fused-ring (bicyclic) bond motifs is 2. The molecule has 98 valence electrons. The summed E-state index contributed by atoms with van der Waals surface area (Å²) in [4.78, 5) is 0. The summed E-state index contributed by atoms with van der Waals surface area (Å²) < 4.78 is 5.06. The van der Waals surface area contributed by atoms with Gasteiger partial charge in [0.05, 0.1) is 0 Å². The number of allylic oxidation sites excluding steroid dienone is 2. The van der Waals surface area contributed by atoms with Crippen molar-refractivity contribution in [2.75, 3.05) is 20.3 Å². The van der Waals surface area contributed by atoms with Gasteiger partial charge in [-0.3, -0.25) is 0 Å². The van der Waals surface area contributed by atoms with E-state index in [0.717, 1.165) is 24.4 Å². The highest BCUT2D eigenvalue weighted by atomic mass is 16.5. The van der Waals surface area contributed by atoms with Gasteiger partial charge in [-0.15, -0.1) is 0 Å². The van der Waals surface area contributed by atoms with Crippen LogP contribution in [0, 0.1) is 17.8 Å². The third-order valence-corrected chi connectivity index (χ3v) is 4.46. The number of rotatable bonds is 8. The summed E-state index contributed by atoms with van der Waals surface area (Å²) in [5, 5.41) is 3.71. The molecule has 0 saturated heterocycles. The Kier molecular flexibility index (Phi) is 5.05. The van der Waals surface area contributed by atoms with E-state index >= 15 is 0 Å². The maximum atomic E-state index is 5.06. The second-order valence-corrected chi connectivity index (χ2v) is 5.74. The fourth-order valence-corrected chi connectivity index (χ4v) is 3.43. The van der Waals surface area contributed by atoms with Crippen molar-refractivity contribution in [1.82, 2.24) is 5.32 Å². The van der Waals surface area contributed by atoms with Gasteiger partial charge in [0.25, 0.3) is 0 Å². The second-order valence-electron chi connectivity index (χ2n) is 5.74. The van der Waals surface area contributed by atoms with E-state index in [0.29, 0.717) is 6.04 Å². The van der Waals surface area contributed by atoms with Crippen LogP contribution in [0.4, 0.5) is 0 Å². The summed E-state index contributed by atoms with van der Waals surface area (Å²) in [6, 6.07) is 0.692. The molecule has 0 aliphatic heterocycles. The fourth-order valence-electron chi connectivity index (χ4n) is 3.43. The first-order chi connectivity index (χ1) is 8.31. The quantitative estimate of drug-likeness (QED) is 0.517. The highest BCUT2D eigenvalue weighted by Crippen LogP contribution is 2.44. The molecule has 17 heavy (non-hydrogen) atoms. The normalized spacial score (nSPS) is 32.2. The standard InChI is InChI=1S/C15H27NO/c1-12(16-8-4-3-5-9-17-2)15-11-13-6-7-14(15)10-13/h6-7,12-16H,3-5,8-11H2,1-2H3. The lowest BCUT2D eigenvalue weighted by molar-refractivity contribution is 0.192. The minimum absolute atomic E-state index is 0.692. The zero-order valence-corrected chi connectivity index (χ0v) is 11.3. The molecule has 1 N–H and O–H groups in total. The molecular weight excluding hydrogens is 210 g/mol. The van der Waals surface area contributed by atoms with E-state index in [2.05, 4.69) is 24.4 Å². The van der Waals surface area contributed by atoms with Crippen LogP contribution in [0.15, 0.2) is 12.2 Å². The SMILES string of the molecule is COCCCCCNC(C)C1CC2C=CC1C2. The van der Waals surface area contributed by atoms with E-state index in [1.54, 1.807) is 7.11 Å². The summed E-state index contributed by atoms with van der Waals surface area (Å²) in [6.07, 6.45) is 11.5. The van der Waals surface area contributed by atoms with Crippen molar-refractivity contribution < 1.29 is 4.74 Å². The molecule has 2 rings (SSSR count).